The van der Waals surface area contributed by atoms with Gasteiger partial charge in [-0.25, -0.2) is 0 Å². The monoisotopic (exact) mass is 289 g/mol. The Kier molecular flexibility index (Phi) is 5.22. The molecule has 1 saturated heterocycles. The van der Waals surface area contributed by atoms with E-state index in [-0.39, 0.29) is 6.04 Å². The fourth-order valence-corrected chi connectivity index (χ4v) is 4.89. The van der Waals surface area contributed by atoms with Crippen molar-refractivity contribution in [2.24, 2.45) is 0 Å². The predicted octanol–water partition coefficient (Wildman–Crippen LogP) is 1.18. The zero-order valence-electron chi connectivity index (χ0n) is 12.1. The van der Waals surface area contributed by atoms with Crippen LogP contribution in [0.2, 0.25) is 0 Å². The molecule has 1 heterocycles. The molecule has 0 amide bonds. The van der Waals surface area contributed by atoms with Crippen LogP contribution in [0.5, 0.6) is 0 Å². The lowest BCUT2D eigenvalue weighted by Crippen LogP contribution is -2.48. The molecule has 19 heavy (non-hydrogen) atoms. The highest BCUT2D eigenvalue weighted by Crippen LogP contribution is 2.26. The quantitative estimate of drug-likeness (QED) is 0.827. The van der Waals surface area contributed by atoms with Crippen LogP contribution in [0.15, 0.2) is 0 Å². The molecule has 0 spiro atoms. The summed E-state index contributed by atoms with van der Waals surface area (Å²) in [5, 5.41) is 3.46. The van der Waals surface area contributed by atoms with Crippen molar-refractivity contribution < 1.29 is 8.42 Å². The third-order valence-electron chi connectivity index (χ3n) is 4.46. The van der Waals surface area contributed by atoms with E-state index in [0.29, 0.717) is 19.1 Å². The highest BCUT2D eigenvalue weighted by Gasteiger charge is 2.35. The number of hydrogen-bond donors (Lipinski definition) is 1. The molecule has 0 aromatic heterocycles. The third kappa shape index (κ3) is 3.48. The van der Waals surface area contributed by atoms with Crippen molar-refractivity contribution in [3.8, 4) is 0 Å². The van der Waals surface area contributed by atoms with Crippen LogP contribution < -0.4 is 5.32 Å². The van der Waals surface area contributed by atoms with Crippen molar-refractivity contribution in [1.29, 1.82) is 0 Å². The van der Waals surface area contributed by atoms with E-state index in [2.05, 4.69) is 12.2 Å². The fraction of sp³-hybridized carbons (Fsp3) is 1.00. The van der Waals surface area contributed by atoms with Gasteiger partial charge in [0.1, 0.15) is 0 Å². The normalized spacial score (nSPS) is 30.1. The van der Waals surface area contributed by atoms with Crippen LogP contribution in [-0.2, 0) is 10.2 Å². The Hall–Kier alpha value is -0.170. The second kappa shape index (κ2) is 6.52. The van der Waals surface area contributed by atoms with Crippen molar-refractivity contribution in [3.05, 3.63) is 0 Å². The van der Waals surface area contributed by atoms with Gasteiger partial charge in [-0.1, -0.05) is 6.92 Å². The van der Waals surface area contributed by atoms with Crippen molar-refractivity contribution in [1.82, 2.24) is 13.9 Å². The van der Waals surface area contributed by atoms with Gasteiger partial charge in [0, 0.05) is 32.2 Å². The van der Waals surface area contributed by atoms with Gasteiger partial charge in [-0.2, -0.15) is 17.0 Å². The maximum Gasteiger partial charge on any atom is 0.281 e. The maximum atomic E-state index is 12.5. The number of hydrogen-bond acceptors (Lipinski definition) is 3. The van der Waals surface area contributed by atoms with Gasteiger partial charge in [0.2, 0.25) is 0 Å². The van der Waals surface area contributed by atoms with E-state index in [1.165, 1.54) is 0 Å². The second-order valence-electron chi connectivity index (χ2n) is 5.69. The summed E-state index contributed by atoms with van der Waals surface area (Å²) in [5.74, 6) is 0. The molecule has 0 unspecified atom stereocenters. The topological polar surface area (TPSA) is 52.7 Å². The molecule has 2 rings (SSSR count). The summed E-state index contributed by atoms with van der Waals surface area (Å²) in [6.07, 6.45) is 6.11. The van der Waals surface area contributed by atoms with E-state index >= 15 is 0 Å². The Morgan fingerprint density at radius 2 is 1.74 bits per heavy atom. The van der Waals surface area contributed by atoms with Gasteiger partial charge in [0.05, 0.1) is 0 Å². The predicted molar refractivity (Wildman–Crippen MR) is 77.2 cm³/mol. The van der Waals surface area contributed by atoms with E-state index in [0.717, 1.165) is 45.1 Å². The number of nitrogens with zero attached hydrogens (tertiary/aromatic N) is 2. The summed E-state index contributed by atoms with van der Waals surface area (Å²) in [7, 11) is -1.47. The maximum absolute atomic E-state index is 12.5. The fourth-order valence-electron chi connectivity index (χ4n) is 3.22. The SMILES string of the molecule is CCNC1CCC(N(C)S(=O)(=O)N2CCCC2)CC1. The standard InChI is InChI=1S/C13H27N3O2S/c1-3-14-12-6-8-13(9-7-12)15(2)19(17,18)16-10-4-5-11-16/h12-14H,3-11H2,1-2H3. The molecule has 6 heteroatoms. The Balaban J connectivity index is 1.91. The Morgan fingerprint density at radius 1 is 1.16 bits per heavy atom. The van der Waals surface area contributed by atoms with Crippen LogP contribution in [0.1, 0.15) is 45.4 Å². The minimum Gasteiger partial charge on any atom is -0.314 e. The summed E-state index contributed by atoms with van der Waals surface area (Å²) in [6, 6.07) is 0.754. The van der Waals surface area contributed by atoms with Crippen molar-refractivity contribution in [2.45, 2.75) is 57.5 Å². The molecule has 2 fully saturated rings. The van der Waals surface area contributed by atoms with Crippen molar-refractivity contribution in [3.63, 3.8) is 0 Å². The van der Waals surface area contributed by atoms with Crippen LogP contribution in [-0.4, -0.2) is 55.8 Å². The first kappa shape index (κ1) is 15.2. The minimum absolute atomic E-state index is 0.181. The van der Waals surface area contributed by atoms with Crippen molar-refractivity contribution >= 4 is 10.2 Å². The highest BCUT2D eigenvalue weighted by atomic mass is 32.2. The van der Waals surface area contributed by atoms with E-state index in [9.17, 15) is 8.42 Å². The third-order valence-corrected chi connectivity index (χ3v) is 6.50. The summed E-state index contributed by atoms with van der Waals surface area (Å²) >= 11 is 0. The lowest BCUT2D eigenvalue weighted by Gasteiger charge is -2.35. The van der Waals surface area contributed by atoms with Crippen LogP contribution in [0.25, 0.3) is 0 Å². The summed E-state index contributed by atoms with van der Waals surface area (Å²) < 4.78 is 28.2. The molecule has 1 N–H and O–H groups in total. The Morgan fingerprint density at radius 3 is 2.26 bits per heavy atom. The zero-order valence-corrected chi connectivity index (χ0v) is 13.0. The van der Waals surface area contributed by atoms with Gasteiger partial charge in [0.15, 0.2) is 0 Å². The average Bonchev–Trinajstić information content (AvgIpc) is 2.94. The summed E-state index contributed by atoms with van der Waals surface area (Å²) in [5.41, 5.74) is 0. The number of rotatable bonds is 5. The first-order valence-electron chi connectivity index (χ1n) is 7.52. The van der Waals surface area contributed by atoms with E-state index in [1.807, 2.05) is 0 Å². The van der Waals surface area contributed by atoms with Gasteiger partial charge < -0.3 is 5.32 Å². The lowest BCUT2D eigenvalue weighted by atomic mass is 9.91. The highest BCUT2D eigenvalue weighted by molar-refractivity contribution is 7.86. The average molecular weight is 289 g/mol. The molecule has 5 nitrogen and oxygen atoms in total. The molecule has 112 valence electrons. The minimum atomic E-state index is -3.22. The van der Waals surface area contributed by atoms with Crippen LogP contribution in [0.3, 0.4) is 0 Å². The first-order valence-corrected chi connectivity index (χ1v) is 8.92. The van der Waals surface area contributed by atoms with E-state index in [1.54, 1.807) is 15.7 Å². The Labute approximate surface area is 117 Å². The molecule has 0 radical (unpaired) electrons. The molecule has 2 aliphatic rings. The molecule has 1 aliphatic carbocycles. The molecule has 1 aliphatic heterocycles. The van der Waals surface area contributed by atoms with Gasteiger partial charge in [-0.3, -0.25) is 0 Å². The molecular weight excluding hydrogens is 262 g/mol. The Bertz CT molecular complexity index is 371. The summed E-state index contributed by atoms with van der Waals surface area (Å²) in [6.45, 7) is 4.51. The summed E-state index contributed by atoms with van der Waals surface area (Å²) in [4.78, 5) is 0. The van der Waals surface area contributed by atoms with Gasteiger partial charge in [-0.05, 0) is 45.1 Å². The van der Waals surface area contributed by atoms with Gasteiger partial charge in [0.25, 0.3) is 10.2 Å². The number of nitrogens with one attached hydrogen (secondary N) is 1. The van der Waals surface area contributed by atoms with Gasteiger partial charge >= 0.3 is 0 Å². The molecule has 0 bridgehead atoms. The molecule has 1 saturated carbocycles. The second-order valence-corrected chi connectivity index (χ2v) is 7.68. The van der Waals surface area contributed by atoms with Crippen LogP contribution in [0, 0.1) is 0 Å². The molecule has 0 aromatic rings. The van der Waals surface area contributed by atoms with Crippen LogP contribution >= 0.6 is 0 Å². The molecular formula is C13H27N3O2S. The van der Waals surface area contributed by atoms with Gasteiger partial charge in [-0.15, -0.1) is 0 Å². The molecule has 0 atom stereocenters. The van der Waals surface area contributed by atoms with Crippen LogP contribution in [0.4, 0.5) is 0 Å². The largest absolute Gasteiger partial charge is 0.314 e. The zero-order chi connectivity index (χ0) is 13.9. The smallest absolute Gasteiger partial charge is 0.281 e. The van der Waals surface area contributed by atoms with E-state index < -0.39 is 10.2 Å². The molecule has 0 aromatic carbocycles. The van der Waals surface area contributed by atoms with E-state index in [4.69, 9.17) is 0 Å². The first-order chi connectivity index (χ1) is 9.05. The lowest BCUT2D eigenvalue weighted by molar-refractivity contribution is 0.240. The van der Waals surface area contributed by atoms with Crippen molar-refractivity contribution in [2.75, 3.05) is 26.7 Å².